The normalized spacial score (nSPS) is 16.0. The van der Waals surface area contributed by atoms with Gasteiger partial charge in [0, 0.05) is 29.2 Å². The van der Waals surface area contributed by atoms with Gasteiger partial charge >= 0.3 is 0 Å². The van der Waals surface area contributed by atoms with Gasteiger partial charge in [0.05, 0.1) is 4.92 Å². The molecule has 0 spiro atoms. The molecule has 0 saturated heterocycles. The Bertz CT molecular complexity index is 750. The van der Waals surface area contributed by atoms with Crippen molar-refractivity contribution in [1.29, 1.82) is 0 Å². The molecule has 0 aliphatic heterocycles. The fourth-order valence-electron chi connectivity index (χ4n) is 3.48. The highest BCUT2D eigenvalue weighted by atomic mass is 32.1. The lowest BCUT2D eigenvalue weighted by molar-refractivity contribution is -0.385. The maximum atomic E-state index is 12.5. The molecule has 1 aliphatic rings. The van der Waals surface area contributed by atoms with Crippen LogP contribution in [-0.2, 0) is 5.41 Å². The van der Waals surface area contributed by atoms with Crippen LogP contribution in [0.3, 0.4) is 0 Å². The van der Waals surface area contributed by atoms with E-state index < -0.39 is 4.92 Å². The van der Waals surface area contributed by atoms with Crippen molar-refractivity contribution in [3.05, 3.63) is 61.8 Å². The molecule has 6 heteroatoms. The van der Waals surface area contributed by atoms with Gasteiger partial charge in [-0.2, -0.15) is 11.3 Å². The predicted molar refractivity (Wildman–Crippen MR) is 94.6 cm³/mol. The van der Waals surface area contributed by atoms with Gasteiger partial charge < -0.3 is 5.32 Å². The third-order valence-electron chi connectivity index (χ3n) is 4.95. The Morgan fingerprint density at radius 1 is 1.33 bits per heavy atom. The van der Waals surface area contributed by atoms with Gasteiger partial charge in [0.15, 0.2) is 0 Å². The van der Waals surface area contributed by atoms with Gasteiger partial charge in [0.25, 0.3) is 11.6 Å². The van der Waals surface area contributed by atoms with Crippen molar-refractivity contribution < 1.29 is 9.72 Å². The molecule has 1 saturated carbocycles. The van der Waals surface area contributed by atoms with Gasteiger partial charge in [-0.25, -0.2) is 0 Å². The summed E-state index contributed by atoms with van der Waals surface area (Å²) in [5.41, 5.74) is 2.18. The zero-order valence-corrected chi connectivity index (χ0v) is 14.4. The fourth-order valence-corrected chi connectivity index (χ4v) is 4.26. The Hall–Kier alpha value is -2.21. The monoisotopic (exact) mass is 344 g/mol. The minimum absolute atomic E-state index is 0.00624. The molecular formula is C18H20N2O3S. The highest BCUT2D eigenvalue weighted by Crippen LogP contribution is 2.41. The van der Waals surface area contributed by atoms with Crippen LogP contribution in [0.2, 0.25) is 0 Å². The van der Waals surface area contributed by atoms with Crippen molar-refractivity contribution in [2.24, 2.45) is 0 Å². The summed E-state index contributed by atoms with van der Waals surface area (Å²) in [6, 6.07) is 6.76. The second-order valence-electron chi connectivity index (χ2n) is 6.44. The van der Waals surface area contributed by atoms with Crippen molar-refractivity contribution in [2.75, 3.05) is 6.54 Å². The third-order valence-corrected chi connectivity index (χ3v) is 5.63. The molecule has 24 heavy (non-hydrogen) atoms. The molecule has 1 aromatic heterocycles. The minimum Gasteiger partial charge on any atom is -0.351 e. The highest BCUT2D eigenvalue weighted by molar-refractivity contribution is 7.08. The Balaban J connectivity index is 1.75. The fraction of sp³-hybridized carbons (Fsp3) is 0.389. The summed E-state index contributed by atoms with van der Waals surface area (Å²) < 4.78 is 0. The van der Waals surface area contributed by atoms with E-state index in [0.29, 0.717) is 17.7 Å². The number of hydrogen-bond donors (Lipinski definition) is 1. The maximum absolute atomic E-state index is 12.5. The second-order valence-corrected chi connectivity index (χ2v) is 7.22. The van der Waals surface area contributed by atoms with Crippen LogP contribution in [-0.4, -0.2) is 17.4 Å². The number of nitro groups is 1. The number of carbonyl (C=O) groups excluding carboxylic acids is 1. The van der Waals surface area contributed by atoms with Crippen LogP contribution in [0.4, 0.5) is 5.69 Å². The predicted octanol–water partition coefficient (Wildman–Crippen LogP) is 4.21. The lowest BCUT2D eigenvalue weighted by Gasteiger charge is -2.28. The average molecular weight is 344 g/mol. The molecule has 5 nitrogen and oxygen atoms in total. The van der Waals surface area contributed by atoms with Gasteiger partial charge in [-0.05, 0) is 48.2 Å². The molecular weight excluding hydrogens is 324 g/mol. The second kappa shape index (κ2) is 6.73. The van der Waals surface area contributed by atoms with E-state index in [2.05, 4.69) is 22.1 Å². The first kappa shape index (κ1) is 16.6. The Morgan fingerprint density at radius 2 is 2.08 bits per heavy atom. The number of amides is 1. The van der Waals surface area contributed by atoms with Crippen molar-refractivity contribution in [3.63, 3.8) is 0 Å². The summed E-state index contributed by atoms with van der Waals surface area (Å²) in [6.45, 7) is 2.24. The van der Waals surface area contributed by atoms with Crippen LogP contribution in [0.25, 0.3) is 0 Å². The third kappa shape index (κ3) is 3.19. The number of nitrogens with zero attached hydrogens (tertiary/aromatic N) is 1. The SMILES string of the molecule is Cc1ccc(C(=O)NCC2(c3ccsc3)CCCC2)cc1[N+](=O)[O-]. The number of rotatable bonds is 5. The van der Waals surface area contributed by atoms with E-state index in [0.717, 1.165) is 12.8 Å². The van der Waals surface area contributed by atoms with E-state index in [1.807, 2.05) is 0 Å². The highest BCUT2D eigenvalue weighted by Gasteiger charge is 2.36. The molecule has 1 heterocycles. The van der Waals surface area contributed by atoms with E-state index >= 15 is 0 Å². The van der Waals surface area contributed by atoms with E-state index in [4.69, 9.17) is 0 Å². The van der Waals surface area contributed by atoms with Gasteiger partial charge in [-0.1, -0.05) is 18.9 Å². The number of carbonyl (C=O) groups is 1. The van der Waals surface area contributed by atoms with E-state index in [1.54, 1.807) is 30.4 Å². The summed E-state index contributed by atoms with van der Waals surface area (Å²) in [5, 5.41) is 18.3. The molecule has 126 valence electrons. The maximum Gasteiger partial charge on any atom is 0.273 e. The first-order chi connectivity index (χ1) is 11.5. The quantitative estimate of drug-likeness (QED) is 0.652. The van der Waals surface area contributed by atoms with E-state index in [-0.39, 0.29) is 17.0 Å². The first-order valence-electron chi connectivity index (χ1n) is 8.08. The number of nitro benzene ring substituents is 1. The Labute approximate surface area is 144 Å². The van der Waals surface area contributed by atoms with Gasteiger partial charge in [0.1, 0.15) is 0 Å². The van der Waals surface area contributed by atoms with Crippen LogP contribution in [0.1, 0.15) is 47.2 Å². The lowest BCUT2D eigenvalue weighted by atomic mass is 9.80. The zero-order valence-electron chi connectivity index (χ0n) is 13.6. The van der Waals surface area contributed by atoms with Gasteiger partial charge in [-0.3, -0.25) is 14.9 Å². The summed E-state index contributed by atoms with van der Waals surface area (Å²) in [7, 11) is 0. The van der Waals surface area contributed by atoms with E-state index in [9.17, 15) is 14.9 Å². The number of benzene rings is 1. The van der Waals surface area contributed by atoms with Gasteiger partial charge in [-0.15, -0.1) is 0 Å². The number of hydrogen-bond acceptors (Lipinski definition) is 4. The van der Waals surface area contributed by atoms with Crippen LogP contribution in [0.15, 0.2) is 35.0 Å². The van der Waals surface area contributed by atoms with Crippen molar-refractivity contribution >= 4 is 22.9 Å². The molecule has 1 fully saturated rings. The van der Waals surface area contributed by atoms with Crippen molar-refractivity contribution in [2.45, 2.75) is 38.0 Å². The first-order valence-corrected chi connectivity index (χ1v) is 9.02. The molecule has 3 rings (SSSR count). The zero-order chi connectivity index (χ0) is 17.2. The number of nitrogens with one attached hydrogen (secondary N) is 1. The molecule has 0 unspecified atom stereocenters. The molecule has 1 aliphatic carbocycles. The number of thiophene rings is 1. The van der Waals surface area contributed by atoms with Crippen LogP contribution >= 0.6 is 11.3 Å². The topological polar surface area (TPSA) is 72.2 Å². The molecule has 1 amide bonds. The molecule has 0 radical (unpaired) electrons. The minimum atomic E-state index is -0.448. The van der Waals surface area contributed by atoms with E-state index in [1.165, 1.54) is 24.5 Å². The van der Waals surface area contributed by atoms with Gasteiger partial charge in [0.2, 0.25) is 0 Å². The Kier molecular flexibility index (Phi) is 4.66. The van der Waals surface area contributed by atoms with Crippen molar-refractivity contribution in [1.82, 2.24) is 5.32 Å². The smallest absolute Gasteiger partial charge is 0.273 e. The molecule has 1 N–H and O–H groups in total. The summed E-state index contributed by atoms with van der Waals surface area (Å²) in [4.78, 5) is 23.1. The summed E-state index contributed by atoms with van der Waals surface area (Å²) in [5.74, 6) is -0.250. The summed E-state index contributed by atoms with van der Waals surface area (Å²) in [6.07, 6.45) is 4.47. The van der Waals surface area contributed by atoms with Crippen LogP contribution in [0.5, 0.6) is 0 Å². The van der Waals surface area contributed by atoms with Crippen molar-refractivity contribution in [3.8, 4) is 0 Å². The molecule has 2 aromatic rings. The largest absolute Gasteiger partial charge is 0.351 e. The summed E-state index contributed by atoms with van der Waals surface area (Å²) >= 11 is 1.67. The molecule has 0 atom stereocenters. The Morgan fingerprint density at radius 3 is 2.71 bits per heavy atom. The molecule has 0 bridgehead atoms. The lowest BCUT2D eigenvalue weighted by Crippen LogP contribution is -2.38. The van der Waals surface area contributed by atoms with Crippen LogP contribution < -0.4 is 5.32 Å². The van der Waals surface area contributed by atoms with Crippen LogP contribution in [0, 0.1) is 17.0 Å². The standard InChI is InChI=1S/C18H20N2O3S/c1-13-4-5-14(10-16(13)20(22)23)17(21)19-12-18(7-2-3-8-18)15-6-9-24-11-15/h4-6,9-11H,2-3,7-8,12H2,1H3,(H,19,21). The number of aryl methyl sites for hydroxylation is 1. The molecule has 1 aromatic carbocycles. The average Bonchev–Trinajstić information content (AvgIpc) is 3.25.